The van der Waals surface area contributed by atoms with Gasteiger partial charge in [0.1, 0.15) is 0 Å². The fourth-order valence-electron chi connectivity index (χ4n) is 2.74. The van der Waals surface area contributed by atoms with Crippen molar-refractivity contribution < 1.29 is 5.11 Å². The molecule has 3 nitrogen and oxygen atoms in total. The lowest BCUT2D eigenvalue weighted by molar-refractivity contribution is 0.140. The zero-order valence-electron chi connectivity index (χ0n) is 12.3. The summed E-state index contributed by atoms with van der Waals surface area (Å²) in [6.45, 7) is 8.48. The van der Waals surface area contributed by atoms with E-state index in [1.165, 1.54) is 51.6 Å². The number of likely N-dealkylation sites (tertiary alicyclic amines) is 1. The molecule has 0 spiro atoms. The molecule has 3 heteroatoms. The summed E-state index contributed by atoms with van der Waals surface area (Å²) >= 11 is 0. The number of hydrogen-bond acceptors (Lipinski definition) is 3. The first-order chi connectivity index (χ1) is 8.74. The average Bonchev–Trinajstić information content (AvgIpc) is 2.37. The van der Waals surface area contributed by atoms with E-state index in [4.69, 9.17) is 5.11 Å². The first kappa shape index (κ1) is 15.9. The number of unbranched alkanes of at least 4 members (excludes halogenated alkanes) is 3. The summed E-state index contributed by atoms with van der Waals surface area (Å²) in [5, 5.41) is 12.3. The maximum atomic E-state index is 8.76. The Labute approximate surface area is 113 Å². The first-order valence-electron chi connectivity index (χ1n) is 7.82. The van der Waals surface area contributed by atoms with Crippen LogP contribution in [-0.2, 0) is 0 Å². The lowest BCUT2D eigenvalue weighted by Gasteiger charge is -2.36. The van der Waals surface area contributed by atoms with Gasteiger partial charge >= 0.3 is 0 Å². The summed E-state index contributed by atoms with van der Waals surface area (Å²) in [5.41, 5.74) is 0. The Balaban J connectivity index is 2.17. The van der Waals surface area contributed by atoms with Crippen molar-refractivity contribution >= 4 is 0 Å². The third kappa shape index (κ3) is 6.72. The van der Waals surface area contributed by atoms with Crippen LogP contribution >= 0.6 is 0 Å². The Hall–Kier alpha value is -0.120. The monoisotopic (exact) mass is 256 g/mol. The molecule has 1 rings (SSSR count). The highest BCUT2D eigenvalue weighted by Crippen LogP contribution is 2.17. The molecule has 1 aliphatic heterocycles. The molecule has 1 atom stereocenters. The average molecular weight is 256 g/mol. The van der Waals surface area contributed by atoms with Gasteiger partial charge < -0.3 is 10.4 Å². The van der Waals surface area contributed by atoms with E-state index in [9.17, 15) is 0 Å². The third-order valence-corrected chi connectivity index (χ3v) is 3.86. The van der Waals surface area contributed by atoms with Gasteiger partial charge in [0.15, 0.2) is 0 Å². The van der Waals surface area contributed by atoms with Gasteiger partial charge in [-0.3, -0.25) is 4.90 Å². The van der Waals surface area contributed by atoms with Crippen molar-refractivity contribution in [2.24, 2.45) is 0 Å². The molecule has 0 aromatic heterocycles. The molecular formula is C15H32N2O. The second kappa shape index (κ2) is 9.76. The highest BCUT2D eigenvalue weighted by Gasteiger charge is 2.21. The van der Waals surface area contributed by atoms with Crippen LogP contribution in [0.25, 0.3) is 0 Å². The molecule has 0 saturated carbocycles. The second-order valence-electron chi connectivity index (χ2n) is 5.89. The Morgan fingerprint density at radius 1 is 1.17 bits per heavy atom. The molecule has 0 aromatic carbocycles. The minimum absolute atomic E-state index is 0.352. The number of piperidine rings is 1. The minimum atomic E-state index is 0.352. The number of aliphatic hydroxyl groups is 1. The third-order valence-electron chi connectivity index (χ3n) is 3.86. The SMILES string of the molecule is CC(C)NCC1CCCCN1CCCCCCO. The number of nitrogens with zero attached hydrogens (tertiary/aromatic N) is 1. The van der Waals surface area contributed by atoms with Crippen molar-refractivity contribution in [1.82, 2.24) is 10.2 Å². The van der Waals surface area contributed by atoms with Crippen LogP contribution in [0.5, 0.6) is 0 Å². The Bertz CT molecular complexity index is 197. The Kier molecular flexibility index (Phi) is 8.64. The smallest absolute Gasteiger partial charge is 0.0431 e. The van der Waals surface area contributed by atoms with Crippen molar-refractivity contribution in [3.8, 4) is 0 Å². The van der Waals surface area contributed by atoms with E-state index in [1.54, 1.807) is 0 Å². The van der Waals surface area contributed by atoms with Crippen LogP contribution in [0.4, 0.5) is 0 Å². The number of rotatable bonds is 9. The van der Waals surface area contributed by atoms with E-state index >= 15 is 0 Å². The summed E-state index contributed by atoms with van der Waals surface area (Å²) in [7, 11) is 0. The largest absolute Gasteiger partial charge is 0.396 e. The van der Waals surface area contributed by atoms with Gasteiger partial charge in [-0.05, 0) is 38.8 Å². The van der Waals surface area contributed by atoms with Crippen LogP contribution in [-0.4, -0.2) is 48.3 Å². The Morgan fingerprint density at radius 2 is 1.94 bits per heavy atom. The van der Waals surface area contributed by atoms with Gasteiger partial charge in [-0.2, -0.15) is 0 Å². The summed E-state index contributed by atoms with van der Waals surface area (Å²) in [6.07, 6.45) is 8.83. The zero-order valence-corrected chi connectivity index (χ0v) is 12.3. The molecule has 2 N–H and O–H groups in total. The summed E-state index contributed by atoms with van der Waals surface area (Å²) in [5.74, 6) is 0. The molecule has 108 valence electrons. The highest BCUT2D eigenvalue weighted by atomic mass is 16.2. The topological polar surface area (TPSA) is 35.5 Å². The van der Waals surface area contributed by atoms with Gasteiger partial charge in [0.2, 0.25) is 0 Å². The minimum Gasteiger partial charge on any atom is -0.396 e. The van der Waals surface area contributed by atoms with Crippen molar-refractivity contribution in [3.63, 3.8) is 0 Å². The summed E-state index contributed by atoms with van der Waals surface area (Å²) in [6, 6.07) is 1.34. The normalized spacial score (nSPS) is 21.7. The summed E-state index contributed by atoms with van der Waals surface area (Å²) in [4.78, 5) is 2.68. The van der Waals surface area contributed by atoms with Crippen LogP contribution in [0, 0.1) is 0 Å². The lowest BCUT2D eigenvalue weighted by Crippen LogP contribution is -2.47. The van der Waals surface area contributed by atoms with E-state index in [0.717, 1.165) is 19.0 Å². The molecule has 1 unspecified atom stereocenters. The van der Waals surface area contributed by atoms with Crippen LogP contribution in [0.3, 0.4) is 0 Å². The predicted molar refractivity (Wildman–Crippen MR) is 77.9 cm³/mol. The number of aliphatic hydroxyl groups excluding tert-OH is 1. The molecule has 0 amide bonds. The Morgan fingerprint density at radius 3 is 2.67 bits per heavy atom. The summed E-state index contributed by atoms with van der Waals surface area (Å²) < 4.78 is 0. The van der Waals surface area contributed by atoms with E-state index in [1.807, 2.05) is 0 Å². The quantitative estimate of drug-likeness (QED) is 0.622. The van der Waals surface area contributed by atoms with Crippen molar-refractivity contribution in [1.29, 1.82) is 0 Å². The van der Waals surface area contributed by atoms with Gasteiger partial charge in [-0.25, -0.2) is 0 Å². The van der Waals surface area contributed by atoms with Crippen LogP contribution in [0.1, 0.15) is 58.8 Å². The zero-order chi connectivity index (χ0) is 13.2. The van der Waals surface area contributed by atoms with Crippen LogP contribution in [0.15, 0.2) is 0 Å². The van der Waals surface area contributed by atoms with E-state index in [2.05, 4.69) is 24.1 Å². The molecular weight excluding hydrogens is 224 g/mol. The van der Waals surface area contributed by atoms with Gasteiger partial charge in [0.25, 0.3) is 0 Å². The molecule has 0 bridgehead atoms. The van der Waals surface area contributed by atoms with Crippen molar-refractivity contribution in [3.05, 3.63) is 0 Å². The number of hydrogen-bond donors (Lipinski definition) is 2. The van der Waals surface area contributed by atoms with E-state index in [-0.39, 0.29) is 0 Å². The molecule has 18 heavy (non-hydrogen) atoms. The molecule has 0 aliphatic carbocycles. The maximum Gasteiger partial charge on any atom is 0.0431 e. The van der Waals surface area contributed by atoms with E-state index < -0.39 is 0 Å². The highest BCUT2D eigenvalue weighted by molar-refractivity contribution is 4.79. The van der Waals surface area contributed by atoms with E-state index in [0.29, 0.717) is 12.6 Å². The van der Waals surface area contributed by atoms with Crippen molar-refractivity contribution in [2.45, 2.75) is 70.9 Å². The fourth-order valence-corrected chi connectivity index (χ4v) is 2.74. The first-order valence-corrected chi connectivity index (χ1v) is 7.82. The fraction of sp³-hybridized carbons (Fsp3) is 1.00. The molecule has 1 fully saturated rings. The molecule has 0 radical (unpaired) electrons. The number of nitrogens with one attached hydrogen (secondary N) is 1. The van der Waals surface area contributed by atoms with Crippen molar-refractivity contribution in [2.75, 3.05) is 26.2 Å². The van der Waals surface area contributed by atoms with Crippen LogP contribution < -0.4 is 5.32 Å². The van der Waals surface area contributed by atoms with Gasteiger partial charge in [0, 0.05) is 25.2 Å². The molecule has 0 aromatic rings. The standard InChI is InChI=1S/C15H32N2O/c1-14(2)16-13-15-9-5-7-11-17(15)10-6-3-4-8-12-18/h14-16,18H,3-13H2,1-2H3. The van der Waals surface area contributed by atoms with Gasteiger partial charge in [0.05, 0.1) is 0 Å². The predicted octanol–water partition coefficient (Wildman–Crippen LogP) is 2.39. The second-order valence-corrected chi connectivity index (χ2v) is 5.89. The van der Waals surface area contributed by atoms with Crippen LogP contribution in [0.2, 0.25) is 0 Å². The molecule has 1 saturated heterocycles. The van der Waals surface area contributed by atoms with Gasteiger partial charge in [-0.15, -0.1) is 0 Å². The molecule has 1 aliphatic rings. The lowest BCUT2D eigenvalue weighted by atomic mass is 10.0. The molecule has 1 heterocycles. The van der Waals surface area contributed by atoms with Gasteiger partial charge in [-0.1, -0.05) is 33.1 Å². The maximum absolute atomic E-state index is 8.76.